The van der Waals surface area contributed by atoms with Crippen molar-refractivity contribution in [3.63, 3.8) is 0 Å². The first-order valence-electron chi connectivity index (χ1n) is 5.90. The van der Waals surface area contributed by atoms with Gasteiger partial charge in [0.15, 0.2) is 5.58 Å². The Morgan fingerprint density at radius 3 is 2.80 bits per heavy atom. The predicted octanol–water partition coefficient (Wildman–Crippen LogP) is 3.21. The average molecular weight is 286 g/mol. The summed E-state index contributed by atoms with van der Waals surface area (Å²) < 4.78 is 5.58. The highest BCUT2D eigenvalue weighted by Gasteiger charge is 2.08. The summed E-state index contributed by atoms with van der Waals surface area (Å²) >= 11 is 1.39. The van der Waals surface area contributed by atoms with Crippen molar-refractivity contribution in [3.05, 3.63) is 53.9 Å². The molecule has 0 aliphatic heterocycles. The molecule has 0 unspecified atom stereocenters. The predicted molar refractivity (Wildman–Crippen MR) is 74.8 cm³/mol. The van der Waals surface area contributed by atoms with Gasteiger partial charge in [0.25, 0.3) is 5.22 Å². The molecular weight excluding hydrogens is 276 g/mol. The van der Waals surface area contributed by atoms with E-state index in [2.05, 4.69) is 9.97 Å². The number of hydrogen-bond donors (Lipinski definition) is 1. The number of nitrogens with zero attached hydrogens (tertiary/aromatic N) is 2. The van der Waals surface area contributed by atoms with Crippen LogP contribution in [0.5, 0.6) is 0 Å². The van der Waals surface area contributed by atoms with E-state index in [1.165, 1.54) is 17.8 Å². The lowest BCUT2D eigenvalue weighted by atomic mass is 10.3. The molecule has 100 valence electrons. The van der Waals surface area contributed by atoms with Crippen LogP contribution in [0.3, 0.4) is 0 Å². The third kappa shape index (κ3) is 2.65. The van der Waals surface area contributed by atoms with Gasteiger partial charge in [-0.15, -0.1) is 0 Å². The summed E-state index contributed by atoms with van der Waals surface area (Å²) in [4.78, 5) is 19.2. The van der Waals surface area contributed by atoms with Crippen LogP contribution in [-0.2, 0) is 5.75 Å². The Balaban J connectivity index is 1.75. The van der Waals surface area contributed by atoms with Crippen molar-refractivity contribution in [2.75, 3.05) is 0 Å². The number of aromatic carboxylic acids is 1. The van der Waals surface area contributed by atoms with Crippen LogP contribution in [0.2, 0.25) is 0 Å². The topological polar surface area (TPSA) is 76.2 Å². The van der Waals surface area contributed by atoms with E-state index in [-0.39, 0.29) is 5.69 Å². The Labute approximate surface area is 118 Å². The molecule has 0 saturated heterocycles. The maximum atomic E-state index is 10.8. The Morgan fingerprint density at radius 1 is 1.15 bits per heavy atom. The molecule has 6 heteroatoms. The van der Waals surface area contributed by atoms with Crippen LogP contribution >= 0.6 is 11.8 Å². The fourth-order valence-corrected chi connectivity index (χ4v) is 2.47. The molecule has 0 fully saturated rings. The van der Waals surface area contributed by atoms with Crippen molar-refractivity contribution in [3.8, 4) is 0 Å². The smallest absolute Gasteiger partial charge is 0.354 e. The van der Waals surface area contributed by atoms with Crippen LogP contribution in [0.1, 0.15) is 16.2 Å². The Morgan fingerprint density at radius 2 is 2.00 bits per heavy atom. The third-order valence-electron chi connectivity index (χ3n) is 2.64. The van der Waals surface area contributed by atoms with Crippen LogP contribution in [-0.4, -0.2) is 21.0 Å². The second kappa shape index (κ2) is 5.34. The number of pyridine rings is 1. The van der Waals surface area contributed by atoms with E-state index in [4.69, 9.17) is 9.52 Å². The maximum Gasteiger partial charge on any atom is 0.354 e. The highest BCUT2D eigenvalue weighted by Crippen LogP contribution is 2.25. The van der Waals surface area contributed by atoms with Crippen LogP contribution in [0.25, 0.3) is 11.1 Å². The highest BCUT2D eigenvalue weighted by molar-refractivity contribution is 7.98. The minimum atomic E-state index is -1.03. The zero-order valence-electron chi connectivity index (χ0n) is 10.3. The van der Waals surface area contributed by atoms with Gasteiger partial charge >= 0.3 is 5.97 Å². The molecule has 0 radical (unpaired) electrons. The monoisotopic (exact) mass is 286 g/mol. The van der Waals surface area contributed by atoms with Gasteiger partial charge in [0.05, 0.1) is 5.69 Å². The molecule has 0 aliphatic carbocycles. The Kier molecular flexibility index (Phi) is 3.39. The number of oxazole rings is 1. The summed E-state index contributed by atoms with van der Waals surface area (Å²) in [6.45, 7) is 0. The molecule has 2 heterocycles. The van der Waals surface area contributed by atoms with Crippen LogP contribution in [0.15, 0.2) is 52.1 Å². The Bertz CT molecular complexity index is 737. The zero-order valence-corrected chi connectivity index (χ0v) is 11.1. The van der Waals surface area contributed by atoms with Gasteiger partial charge in [0, 0.05) is 5.75 Å². The molecule has 0 spiro atoms. The van der Waals surface area contributed by atoms with Crippen molar-refractivity contribution in [1.82, 2.24) is 9.97 Å². The number of carbonyl (C=O) groups is 1. The molecule has 2 aromatic heterocycles. The number of aromatic nitrogens is 2. The van der Waals surface area contributed by atoms with E-state index < -0.39 is 5.97 Å². The summed E-state index contributed by atoms with van der Waals surface area (Å²) in [6, 6.07) is 12.5. The van der Waals surface area contributed by atoms with Crippen LogP contribution < -0.4 is 0 Å². The molecule has 0 amide bonds. The van der Waals surface area contributed by atoms with Gasteiger partial charge in [-0.3, -0.25) is 0 Å². The van der Waals surface area contributed by atoms with E-state index in [1.54, 1.807) is 12.1 Å². The SMILES string of the molecule is O=C(O)c1cccc(CSc2nc3ccccc3o2)n1. The van der Waals surface area contributed by atoms with Crippen LogP contribution in [0.4, 0.5) is 0 Å². The van der Waals surface area contributed by atoms with E-state index in [1.807, 2.05) is 24.3 Å². The maximum absolute atomic E-state index is 10.8. The number of para-hydroxylation sites is 2. The summed E-state index contributed by atoms with van der Waals surface area (Å²) in [6.07, 6.45) is 0. The van der Waals surface area contributed by atoms with Crippen molar-refractivity contribution >= 4 is 28.8 Å². The fourth-order valence-electron chi connectivity index (χ4n) is 1.73. The van der Waals surface area contributed by atoms with Gasteiger partial charge in [-0.1, -0.05) is 30.0 Å². The Hall–Kier alpha value is -2.34. The van der Waals surface area contributed by atoms with Gasteiger partial charge < -0.3 is 9.52 Å². The van der Waals surface area contributed by atoms with Crippen molar-refractivity contribution in [1.29, 1.82) is 0 Å². The lowest BCUT2D eigenvalue weighted by Crippen LogP contribution is -2.01. The van der Waals surface area contributed by atoms with Gasteiger partial charge in [-0.05, 0) is 24.3 Å². The molecule has 1 N–H and O–H groups in total. The second-order valence-electron chi connectivity index (χ2n) is 4.06. The first-order valence-corrected chi connectivity index (χ1v) is 6.88. The lowest BCUT2D eigenvalue weighted by Gasteiger charge is -1.99. The quantitative estimate of drug-likeness (QED) is 0.742. The van der Waals surface area contributed by atoms with Crippen molar-refractivity contribution in [2.45, 2.75) is 11.0 Å². The van der Waals surface area contributed by atoms with E-state index in [9.17, 15) is 4.79 Å². The van der Waals surface area contributed by atoms with E-state index in [0.29, 0.717) is 16.7 Å². The molecule has 0 aliphatic rings. The minimum absolute atomic E-state index is 0.0423. The molecule has 1 aromatic carbocycles. The first kappa shape index (κ1) is 12.7. The molecular formula is C14H10N2O3S. The number of benzene rings is 1. The van der Waals surface area contributed by atoms with Gasteiger partial charge in [-0.25, -0.2) is 14.8 Å². The zero-order chi connectivity index (χ0) is 13.9. The molecule has 3 rings (SSSR count). The fraction of sp³-hybridized carbons (Fsp3) is 0.0714. The van der Waals surface area contributed by atoms with Gasteiger partial charge in [-0.2, -0.15) is 0 Å². The van der Waals surface area contributed by atoms with Gasteiger partial charge in [0.1, 0.15) is 11.2 Å². The number of hydrogen-bond acceptors (Lipinski definition) is 5. The number of rotatable bonds is 4. The first-order chi connectivity index (χ1) is 9.72. The van der Waals surface area contributed by atoms with Crippen molar-refractivity contribution < 1.29 is 14.3 Å². The van der Waals surface area contributed by atoms with Crippen molar-refractivity contribution in [2.24, 2.45) is 0 Å². The van der Waals surface area contributed by atoms with E-state index in [0.717, 1.165) is 11.1 Å². The largest absolute Gasteiger partial charge is 0.477 e. The number of fused-ring (bicyclic) bond motifs is 1. The number of thioether (sulfide) groups is 1. The van der Waals surface area contributed by atoms with Gasteiger partial charge in [0.2, 0.25) is 0 Å². The summed E-state index contributed by atoms with van der Waals surface area (Å²) in [5.41, 5.74) is 2.27. The normalized spacial score (nSPS) is 10.8. The third-order valence-corrected chi connectivity index (χ3v) is 3.51. The van der Waals surface area contributed by atoms with E-state index >= 15 is 0 Å². The lowest BCUT2D eigenvalue weighted by molar-refractivity contribution is 0.0690. The molecule has 20 heavy (non-hydrogen) atoms. The summed E-state index contributed by atoms with van der Waals surface area (Å²) in [7, 11) is 0. The molecule has 0 atom stereocenters. The molecule has 0 bridgehead atoms. The number of carboxylic acids is 1. The molecule has 5 nitrogen and oxygen atoms in total. The average Bonchev–Trinajstić information content (AvgIpc) is 2.88. The van der Waals surface area contributed by atoms with Crippen LogP contribution in [0, 0.1) is 0 Å². The standard InChI is InChI=1S/C14H10N2O3S/c17-13(18)11-6-3-4-9(15-11)8-20-14-16-10-5-1-2-7-12(10)19-14/h1-7H,8H2,(H,17,18). The summed E-state index contributed by atoms with van der Waals surface area (Å²) in [5.74, 6) is -0.521. The number of carboxylic acid groups (broad SMARTS) is 1. The minimum Gasteiger partial charge on any atom is -0.477 e. The second-order valence-corrected chi connectivity index (χ2v) is 4.98. The molecule has 3 aromatic rings. The highest BCUT2D eigenvalue weighted by atomic mass is 32.2. The molecule has 0 saturated carbocycles. The summed E-state index contributed by atoms with van der Waals surface area (Å²) in [5, 5.41) is 9.44.